The number of likely N-dealkylation sites (tertiary alicyclic amines) is 1. The molecule has 29 heavy (non-hydrogen) atoms. The first-order valence-corrected chi connectivity index (χ1v) is 10.3. The number of amides is 1. The Kier molecular flexibility index (Phi) is 5.76. The molecule has 2 aliphatic heterocycles. The molecule has 1 saturated heterocycles. The third-order valence-electron chi connectivity index (χ3n) is 5.93. The summed E-state index contributed by atoms with van der Waals surface area (Å²) in [7, 11) is 4.02. The monoisotopic (exact) mass is 397 g/mol. The third kappa shape index (κ3) is 4.40. The Bertz CT molecular complexity index is 868. The molecule has 0 bridgehead atoms. The number of aromatic nitrogens is 2. The number of hydrogen-bond donors (Lipinski definition) is 1. The van der Waals surface area contributed by atoms with E-state index in [1.807, 2.05) is 11.9 Å². The quantitative estimate of drug-likeness (QED) is 0.859. The van der Waals surface area contributed by atoms with Gasteiger partial charge in [0, 0.05) is 38.0 Å². The Hall–Kier alpha value is -2.54. The summed E-state index contributed by atoms with van der Waals surface area (Å²) in [6, 6.07) is 6.12. The molecule has 0 radical (unpaired) electrons. The number of carbonyl (C=O) groups excluding carboxylic acids is 1. The topological polar surface area (TPSA) is 61.4 Å². The lowest BCUT2D eigenvalue weighted by molar-refractivity contribution is -0.131. The molecule has 1 fully saturated rings. The Morgan fingerprint density at radius 3 is 2.76 bits per heavy atom. The van der Waals surface area contributed by atoms with Crippen LogP contribution in [0.1, 0.15) is 41.4 Å². The minimum atomic E-state index is -0.288. The summed E-state index contributed by atoms with van der Waals surface area (Å²) in [6.45, 7) is 3.28. The standard InChI is InChI=1S/C22H28FN5O/c1-24-22-18-14-28(20(29)12-15-5-7-17(23)8-6-15)11-9-19(18)25-21(26-22)16-4-3-10-27(2)13-16/h5-8,16H,3-4,9-14H2,1-2H3,(H,24,25,26)/t16-/m1/s1. The second-order valence-electron chi connectivity index (χ2n) is 8.08. The van der Waals surface area contributed by atoms with E-state index in [1.54, 1.807) is 12.1 Å². The van der Waals surface area contributed by atoms with Gasteiger partial charge in [0.25, 0.3) is 0 Å². The molecule has 1 atom stereocenters. The summed E-state index contributed by atoms with van der Waals surface area (Å²) in [6.07, 6.45) is 3.30. The molecule has 0 unspecified atom stereocenters. The number of rotatable bonds is 4. The van der Waals surface area contributed by atoms with Crippen molar-refractivity contribution in [1.82, 2.24) is 19.8 Å². The smallest absolute Gasteiger partial charge is 0.227 e. The van der Waals surface area contributed by atoms with E-state index >= 15 is 0 Å². The number of carbonyl (C=O) groups is 1. The molecular formula is C22H28FN5O. The number of benzene rings is 1. The fourth-order valence-electron chi connectivity index (χ4n) is 4.30. The van der Waals surface area contributed by atoms with E-state index in [4.69, 9.17) is 9.97 Å². The average molecular weight is 397 g/mol. The molecule has 2 aliphatic rings. The van der Waals surface area contributed by atoms with Crippen molar-refractivity contribution >= 4 is 11.7 Å². The fraction of sp³-hybridized carbons (Fsp3) is 0.500. The lowest BCUT2D eigenvalue weighted by atomic mass is 9.96. The van der Waals surface area contributed by atoms with Crippen LogP contribution in [0, 0.1) is 5.82 Å². The van der Waals surface area contributed by atoms with Crippen LogP contribution in [0.3, 0.4) is 0 Å². The van der Waals surface area contributed by atoms with Crippen molar-refractivity contribution in [3.05, 3.63) is 52.7 Å². The van der Waals surface area contributed by atoms with Gasteiger partial charge in [-0.1, -0.05) is 12.1 Å². The van der Waals surface area contributed by atoms with Gasteiger partial charge in [-0.3, -0.25) is 4.79 Å². The van der Waals surface area contributed by atoms with Crippen LogP contribution >= 0.6 is 0 Å². The molecule has 3 heterocycles. The molecule has 4 rings (SSSR count). The highest BCUT2D eigenvalue weighted by Gasteiger charge is 2.28. The van der Waals surface area contributed by atoms with Gasteiger partial charge in [0.2, 0.25) is 5.91 Å². The molecule has 6 nitrogen and oxygen atoms in total. The lowest BCUT2D eigenvalue weighted by Crippen LogP contribution is -2.38. The number of fused-ring (bicyclic) bond motifs is 1. The predicted molar refractivity (Wildman–Crippen MR) is 110 cm³/mol. The molecule has 7 heteroatoms. The summed E-state index contributed by atoms with van der Waals surface area (Å²) >= 11 is 0. The first-order chi connectivity index (χ1) is 14.0. The molecule has 1 aromatic carbocycles. The van der Waals surface area contributed by atoms with Crippen molar-refractivity contribution in [2.45, 2.75) is 38.1 Å². The van der Waals surface area contributed by atoms with Crippen LogP contribution in [0.15, 0.2) is 24.3 Å². The van der Waals surface area contributed by atoms with Gasteiger partial charge in [-0.05, 0) is 44.1 Å². The van der Waals surface area contributed by atoms with E-state index in [1.165, 1.54) is 18.6 Å². The van der Waals surface area contributed by atoms with Crippen molar-refractivity contribution in [2.75, 3.05) is 39.0 Å². The average Bonchev–Trinajstić information content (AvgIpc) is 2.74. The summed E-state index contributed by atoms with van der Waals surface area (Å²) in [4.78, 5) is 26.7. The maximum Gasteiger partial charge on any atom is 0.227 e. The minimum absolute atomic E-state index is 0.0438. The van der Waals surface area contributed by atoms with Gasteiger partial charge >= 0.3 is 0 Å². The Morgan fingerprint density at radius 1 is 1.24 bits per heavy atom. The van der Waals surface area contributed by atoms with Crippen LogP contribution in [-0.4, -0.2) is 59.4 Å². The highest BCUT2D eigenvalue weighted by Crippen LogP contribution is 2.29. The van der Waals surface area contributed by atoms with Crippen LogP contribution in [0.4, 0.5) is 10.2 Å². The number of anilines is 1. The van der Waals surface area contributed by atoms with Crippen molar-refractivity contribution in [1.29, 1.82) is 0 Å². The van der Waals surface area contributed by atoms with Gasteiger partial charge in [0.05, 0.1) is 18.7 Å². The Labute approximate surface area is 171 Å². The second kappa shape index (κ2) is 8.45. The molecular weight excluding hydrogens is 369 g/mol. The van der Waals surface area contributed by atoms with E-state index < -0.39 is 0 Å². The lowest BCUT2D eigenvalue weighted by Gasteiger charge is -2.32. The number of likely N-dealkylation sites (N-methyl/N-ethyl adjacent to an activating group) is 1. The number of nitrogens with zero attached hydrogens (tertiary/aromatic N) is 4. The predicted octanol–water partition coefficient (Wildman–Crippen LogP) is 2.59. The molecule has 154 valence electrons. The first-order valence-electron chi connectivity index (χ1n) is 10.3. The third-order valence-corrected chi connectivity index (χ3v) is 5.93. The van der Waals surface area contributed by atoms with Crippen LogP contribution in [0.2, 0.25) is 0 Å². The summed E-state index contributed by atoms with van der Waals surface area (Å²) in [5, 5.41) is 3.22. The minimum Gasteiger partial charge on any atom is -0.373 e. The molecule has 0 saturated carbocycles. The van der Waals surface area contributed by atoms with Gasteiger partial charge in [-0.15, -0.1) is 0 Å². The highest BCUT2D eigenvalue weighted by molar-refractivity contribution is 5.79. The second-order valence-corrected chi connectivity index (χ2v) is 8.08. The Morgan fingerprint density at radius 2 is 2.03 bits per heavy atom. The van der Waals surface area contributed by atoms with E-state index in [2.05, 4.69) is 17.3 Å². The molecule has 1 amide bonds. The summed E-state index contributed by atoms with van der Waals surface area (Å²) in [5.74, 6) is 1.87. The Balaban J connectivity index is 1.51. The zero-order chi connectivity index (χ0) is 20.4. The summed E-state index contributed by atoms with van der Waals surface area (Å²) in [5.41, 5.74) is 2.89. The zero-order valence-corrected chi connectivity index (χ0v) is 17.1. The molecule has 2 aromatic rings. The summed E-state index contributed by atoms with van der Waals surface area (Å²) < 4.78 is 13.1. The highest BCUT2D eigenvalue weighted by atomic mass is 19.1. The van der Waals surface area contributed by atoms with Crippen molar-refractivity contribution in [3.63, 3.8) is 0 Å². The maximum atomic E-state index is 13.1. The molecule has 0 spiro atoms. The van der Waals surface area contributed by atoms with Crippen LogP contribution < -0.4 is 5.32 Å². The fourth-order valence-corrected chi connectivity index (χ4v) is 4.30. The largest absolute Gasteiger partial charge is 0.373 e. The number of nitrogens with one attached hydrogen (secondary N) is 1. The van der Waals surface area contributed by atoms with Gasteiger partial charge in [-0.25, -0.2) is 14.4 Å². The number of piperidine rings is 1. The first kappa shape index (κ1) is 19.8. The van der Waals surface area contributed by atoms with E-state index in [0.717, 1.165) is 54.4 Å². The number of hydrogen-bond acceptors (Lipinski definition) is 5. The van der Waals surface area contributed by atoms with E-state index in [-0.39, 0.29) is 18.1 Å². The van der Waals surface area contributed by atoms with E-state index in [0.29, 0.717) is 19.0 Å². The SMILES string of the molecule is CNc1nc([C@@H]2CCCN(C)C2)nc2c1CN(C(=O)Cc1ccc(F)cc1)CC2. The van der Waals surface area contributed by atoms with Gasteiger partial charge in [0.15, 0.2) is 0 Å². The van der Waals surface area contributed by atoms with Crippen LogP contribution in [0.25, 0.3) is 0 Å². The number of halogens is 1. The van der Waals surface area contributed by atoms with Gasteiger partial charge in [0.1, 0.15) is 17.5 Å². The zero-order valence-electron chi connectivity index (χ0n) is 17.1. The van der Waals surface area contributed by atoms with Crippen molar-refractivity contribution < 1.29 is 9.18 Å². The maximum absolute atomic E-state index is 13.1. The van der Waals surface area contributed by atoms with E-state index in [9.17, 15) is 9.18 Å². The van der Waals surface area contributed by atoms with Crippen molar-refractivity contribution in [2.24, 2.45) is 0 Å². The van der Waals surface area contributed by atoms with Gasteiger partial charge in [-0.2, -0.15) is 0 Å². The molecule has 1 aromatic heterocycles. The van der Waals surface area contributed by atoms with Crippen LogP contribution in [-0.2, 0) is 24.2 Å². The van der Waals surface area contributed by atoms with Crippen molar-refractivity contribution in [3.8, 4) is 0 Å². The van der Waals surface area contributed by atoms with Gasteiger partial charge < -0.3 is 15.1 Å². The van der Waals surface area contributed by atoms with Crippen LogP contribution in [0.5, 0.6) is 0 Å². The molecule has 0 aliphatic carbocycles. The molecule has 1 N–H and O–H groups in total. The normalized spacial score (nSPS) is 19.7.